The molecule has 1 heterocycles. The molecule has 1 aromatic heterocycles. The molecule has 192 valence electrons. The van der Waals surface area contributed by atoms with Crippen LogP contribution >= 0.6 is 0 Å². The molecule has 4 rings (SSSR count). The van der Waals surface area contributed by atoms with Gasteiger partial charge in [-0.25, -0.2) is 18.6 Å². The summed E-state index contributed by atoms with van der Waals surface area (Å²) in [5.74, 6) is -0.0274. The first-order valence-corrected chi connectivity index (χ1v) is 11.5. The van der Waals surface area contributed by atoms with Gasteiger partial charge in [0.15, 0.2) is 11.6 Å². The minimum Gasteiger partial charge on any atom is -0.497 e. The van der Waals surface area contributed by atoms with Gasteiger partial charge >= 0.3 is 5.97 Å². The number of hydrogen-bond acceptors (Lipinski definition) is 5. The summed E-state index contributed by atoms with van der Waals surface area (Å²) in [5, 5.41) is 10.0. The molecule has 0 amide bonds. The van der Waals surface area contributed by atoms with Crippen molar-refractivity contribution in [3.8, 4) is 23.8 Å². The zero-order valence-electron chi connectivity index (χ0n) is 20.4. The number of aromatic carboxylic acids is 1. The van der Waals surface area contributed by atoms with Gasteiger partial charge < -0.3 is 19.3 Å². The zero-order valence-corrected chi connectivity index (χ0v) is 20.4. The molecule has 1 N–H and O–H groups in total. The van der Waals surface area contributed by atoms with E-state index in [-0.39, 0.29) is 24.5 Å². The fourth-order valence-electron chi connectivity index (χ4n) is 3.75. The largest absolute Gasteiger partial charge is 0.497 e. The topological polar surface area (TPSA) is 77.9 Å². The number of terminal acetylenes is 1. The summed E-state index contributed by atoms with van der Waals surface area (Å²) in [4.78, 5) is 16.0. The van der Waals surface area contributed by atoms with Crippen LogP contribution in [0.15, 0.2) is 66.7 Å². The molecule has 6 nitrogen and oxygen atoms in total. The number of benzene rings is 3. The van der Waals surface area contributed by atoms with Crippen LogP contribution in [0.1, 0.15) is 33.3 Å². The van der Waals surface area contributed by atoms with Crippen LogP contribution in [-0.4, -0.2) is 36.4 Å². The van der Waals surface area contributed by atoms with Gasteiger partial charge in [0.25, 0.3) is 0 Å². The number of fused-ring (bicyclic) bond motifs is 1. The Morgan fingerprint density at radius 2 is 1.89 bits per heavy atom. The summed E-state index contributed by atoms with van der Waals surface area (Å²) in [5.41, 5.74) is 2.45. The van der Waals surface area contributed by atoms with Gasteiger partial charge in [-0.2, -0.15) is 0 Å². The lowest BCUT2D eigenvalue weighted by atomic mass is 10.1. The Kier molecular flexibility index (Phi) is 8.31. The first kappa shape index (κ1) is 26.3. The van der Waals surface area contributed by atoms with Crippen molar-refractivity contribution in [1.29, 1.82) is 0 Å². The molecular weight excluding hydrogens is 492 g/mol. The van der Waals surface area contributed by atoms with Gasteiger partial charge in [-0.05, 0) is 53.6 Å². The number of hydrogen-bond donors (Lipinski definition) is 1. The maximum absolute atomic E-state index is 13.6. The van der Waals surface area contributed by atoms with Crippen molar-refractivity contribution in [3.63, 3.8) is 0 Å². The Balaban J connectivity index is 1.54. The van der Waals surface area contributed by atoms with Crippen LogP contribution in [0.2, 0.25) is 0 Å². The van der Waals surface area contributed by atoms with Gasteiger partial charge in [0.2, 0.25) is 0 Å². The van der Waals surface area contributed by atoms with Crippen LogP contribution in [0, 0.1) is 24.0 Å². The molecule has 0 aliphatic rings. The van der Waals surface area contributed by atoms with Crippen LogP contribution in [0.3, 0.4) is 0 Å². The van der Waals surface area contributed by atoms with E-state index in [0.29, 0.717) is 22.3 Å². The van der Waals surface area contributed by atoms with Crippen molar-refractivity contribution >= 4 is 29.0 Å². The second-order valence-electron chi connectivity index (χ2n) is 8.18. The first-order chi connectivity index (χ1) is 18.4. The normalized spacial score (nSPS) is 11.8. The van der Waals surface area contributed by atoms with Crippen molar-refractivity contribution in [3.05, 3.63) is 101 Å². The molecule has 8 heteroatoms. The lowest BCUT2D eigenvalue weighted by molar-refractivity contribution is 0.0375. The summed E-state index contributed by atoms with van der Waals surface area (Å²) in [6, 6.07) is 17.5. The highest BCUT2D eigenvalue weighted by atomic mass is 19.2. The number of nitrogens with zero attached hydrogens (tertiary/aromatic N) is 1. The molecular formula is C30H23F2NO5. The minimum absolute atomic E-state index is 0.00973. The number of carboxylic acid groups (broad SMARTS) is 1. The Hall–Kier alpha value is -4.74. The van der Waals surface area contributed by atoms with Crippen molar-refractivity contribution in [2.45, 2.75) is 6.10 Å². The highest BCUT2D eigenvalue weighted by Gasteiger charge is 2.17. The lowest BCUT2D eigenvalue weighted by Crippen LogP contribution is -2.16. The van der Waals surface area contributed by atoms with Crippen molar-refractivity contribution in [2.75, 3.05) is 20.3 Å². The molecule has 38 heavy (non-hydrogen) atoms. The number of aromatic nitrogens is 1. The summed E-state index contributed by atoms with van der Waals surface area (Å²) >= 11 is 0. The zero-order chi connectivity index (χ0) is 27.1. The molecule has 0 spiro atoms. The number of halogens is 2. The molecule has 0 saturated carbocycles. The van der Waals surface area contributed by atoms with Crippen molar-refractivity contribution < 1.29 is 32.9 Å². The van der Waals surface area contributed by atoms with Crippen LogP contribution in [0.25, 0.3) is 23.1 Å². The molecule has 4 aromatic rings. The van der Waals surface area contributed by atoms with Gasteiger partial charge in [0.1, 0.15) is 36.4 Å². The predicted molar refractivity (Wildman–Crippen MR) is 140 cm³/mol. The maximum atomic E-state index is 13.6. The van der Waals surface area contributed by atoms with E-state index in [1.807, 2.05) is 30.3 Å². The molecule has 0 aliphatic heterocycles. The van der Waals surface area contributed by atoms with Gasteiger partial charge in [-0.3, -0.25) is 0 Å². The SMILES string of the molecule is C#CCO[C@@H](COc1ccc(OC)cc1C(=O)O)c1cccc(/C=C/c2ccc3cc(F)c(F)cc3n2)c1. The number of carbonyl (C=O) groups is 1. The number of carboxylic acids is 1. The van der Waals surface area contributed by atoms with Crippen molar-refractivity contribution in [1.82, 2.24) is 4.98 Å². The van der Waals surface area contributed by atoms with Crippen LogP contribution in [0.4, 0.5) is 8.78 Å². The van der Waals surface area contributed by atoms with E-state index in [9.17, 15) is 18.7 Å². The Labute approximate surface area is 218 Å². The van der Waals surface area contributed by atoms with E-state index in [0.717, 1.165) is 23.3 Å². The monoisotopic (exact) mass is 515 g/mol. The number of ether oxygens (including phenoxy) is 3. The molecule has 3 aromatic carbocycles. The molecule has 0 aliphatic carbocycles. The van der Waals surface area contributed by atoms with E-state index in [1.165, 1.54) is 19.2 Å². The Bertz CT molecular complexity index is 1540. The highest BCUT2D eigenvalue weighted by molar-refractivity contribution is 5.91. The van der Waals surface area contributed by atoms with Gasteiger partial charge in [0.05, 0.1) is 18.3 Å². The average Bonchev–Trinajstić information content (AvgIpc) is 2.92. The summed E-state index contributed by atoms with van der Waals surface area (Å²) in [7, 11) is 1.45. The second-order valence-corrected chi connectivity index (χ2v) is 8.18. The maximum Gasteiger partial charge on any atom is 0.339 e. The standard InChI is InChI=1S/C30H23F2NO5/c1-3-13-37-29(18-38-28-12-11-23(36-2)16-24(28)30(34)35)21-6-4-5-19(14-21)7-9-22-10-8-20-15-25(31)26(32)17-27(20)33-22/h1,4-12,14-17,29H,13,18H2,2H3,(H,34,35)/b9-7+/t29-/m0/s1. The van der Waals surface area contributed by atoms with Crippen LogP contribution in [-0.2, 0) is 4.74 Å². The average molecular weight is 516 g/mol. The third kappa shape index (κ3) is 6.33. The van der Waals surface area contributed by atoms with Gasteiger partial charge in [0, 0.05) is 11.5 Å². The third-order valence-electron chi connectivity index (χ3n) is 5.66. The van der Waals surface area contributed by atoms with Crippen LogP contribution in [0.5, 0.6) is 11.5 Å². The lowest BCUT2D eigenvalue weighted by Gasteiger charge is -2.19. The molecule has 0 fully saturated rings. The minimum atomic E-state index is -1.15. The van der Waals surface area contributed by atoms with E-state index in [1.54, 1.807) is 24.3 Å². The van der Waals surface area contributed by atoms with E-state index in [4.69, 9.17) is 20.6 Å². The van der Waals surface area contributed by atoms with Gasteiger partial charge in [-0.15, -0.1) is 6.42 Å². The van der Waals surface area contributed by atoms with E-state index in [2.05, 4.69) is 10.9 Å². The third-order valence-corrected chi connectivity index (χ3v) is 5.66. The molecule has 0 saturated heterocycles. The smallest absolute Gasteiger partial charge is 0.339 e. The Morgan fingerprint density at radius 3 is 2.66 bits per heavy atom. The molecule has 1 atom stereocenters. The Morgan fingerprint density at radius 1 is 1.08 bits per heavy atom. The van der Waals surface area contributed by atoms with Gasteiger partial charge in [-0.1, -0.05) is 36.3 Å². The summed E-state index contributed by atoms with van der Waals surface area (Å²) in [6.07, 6.45) is 8.38. The second kappa shape index (κ2) is 12.0. The first-order valence-electron chi connectivity index (χ1n) is 11.5. The molecule has 0 unspecified atom stereocenters. The summed E-state index contributed by atoms with van der Waals surface area (Å²) < 4.78 is 43.8. The fraction of sp³-hybridized carbons (Fsp3) is 0.133. The molecule has 0 radical (unpaired) electrons. The molecule has 0 bridgehead atoms. The quantitative estimate of drug-likeness (QED) is 0.255. The number of pyridine rings is 1. The highest BCUT2D eigenvalue weighted by Crippen LogP contribution is 2.27. The number of methoxy groups -OCH3 is 1. The van der Waals surface area contributed by atoms with Crippen molar-refractivity contribution in [2.24, 2.45) is 0 Å². The van der Waals surface area contributed by atoms with E-state index < -0.39 is 23.7 Å². The number of rotatable bonds is 10. The summed E-state index contributed by atoms with van der Waals surface area (Å²) in [6.45, 7) is 0.0382. The fourth-order valence-corrected chi connectivity index (χ4v) is 3.75. The van der Waals surface area contributed by atoms with Crippen LogP contribution < -0.4 is 9.47 Å². The van der Waals surface area contributed by atoms with E-state index >= 15 is 0 Å². The predicted octanol–water partition coefficient (Wildman–Crippen LogP) is 6.16.